The maximum atomic E-state index is 12.7. The number of rotatable bonds is 0. The highest BCUT2D eigenvalue weighted by Gasteiger charge is 2.26. The quantitative estimate of drug-likeness (QED) is 0.335. The third kappa shape index (κ3) is 8.35. The van der Waals surface area contributed by atoms with Gasteiger partial charge in [0.25, 0.3) is 0 Å². The van der Waals surface area contributed by atoms with Crippen LogP contribution in [-0.4, -0.2) is 58.3 Å². The average Bonchev–Trinajstić information content (AvgIpc) is 3.31. The van der Waals surface area contributed by atoms with E-state index < -0.39 is 35.9 Å². The standard InChI is InChI=1S/C27H37N5O5S/c1-15-10-23(34)16(2)31-27(37)21(28)12-18-7-8-22(33)19(11-18)13-20-14-30-24(38-20)6-4-5-9-29-26(36)17(3)32-25(15)35/h7-8,11,14-17,21,33H,4-6,9-10,12-13,28H2,1-3H3,(H,29,36)(H,31,37)(H,32,35)/t15-,16+,17+,21+/m1/s1. The Kier molecular flexibility index (Phi) is 10.4. The number of aromatic nitrogens is 1. The minimum absolute atomic E-state index is 0.0874. The van der Waals surface area contributed by atoms with Crippen LogP contribution in [0.2, 0.25) is 0 Å². The molecule has 2 heterocycles. The largest absolute Gasteiger partial charge is 0.508 e. The Morgan fingerprint density at radius 1 is 0.974 bits per heavy atom. The number of nitrogens with one attached hydrogen (secondary N) is 3. The van der Waals surface area contributed by atoms with E-state index in [2.05, 4.69) is 20.9 Å². The highest BCUT2D eigenvalue weighted by atomic mass is 32.1. The Morgan fingerprint density at radius 2 is 1.71 bits per heavy atom. The molecule has 3 amide bonds. The second-order valence-corrected chi connectivity index (χ2v) is 11.2. The van der Waals surface area contributed by atoms with Crippen molar-refractivity contribution in [3.63, 3.8) is 0 Å². The number of aryl methyl sites for hydroxylation is 1. The van der Waals surface area contributed by atoms with Gasteiger partial charge in [0, 0.05) is 36.4 Å². The van der Waals surface area contributed by atoms with Gasteiger partial charge in [0.15, 0.2) is 5.78 Å². The third-order valence-electron chi connectivity index (χ3n) is 6.57. The van der Waals surface area contributed by atoms with Gasteiger partial charge in [-0.3, -0.25) is 19.2 Å². The Morgan fingerprint density at radius 3 is 2.47 bits per heavy atom. The number of nitrogens with two attached hydrogens (primary N) is 1. The van der Waals surface area contributed by atoms with Gasteiger partial charge in [-0.2, -0.15) is 0 Å². The van der Waals surface area contributed by atoms with Crippen molar-refractivity contribution in [3.8, 4) is 5.75 Å². The van der Waals surface area contributed by atoms with E-state index in [-0.39, 0.29) is 30.3 Å². The van der Waals surface area contributed by atoms with E-state index in [1.807, 2.05) is 6.07 Å². The zero-order valence-electron chi connectivity index (χ0n) is 22.1. The van der Waals surface area contributed by atoms with Crippen molar-refractivity contribution < 1.29 is 24.3 Å². The van der Waals surface area contributed by atoms with Crippen LogP contribution in [0.4, 0.5) is 0 Å². The number of benzene rings is 1. The number of fused-ring (bicyclic) bond motifs is 4. The molecule has 2 aromatic rings. The molecule has 0 spiro atoms. The fourth-order valence-corrected chi connectivity index (χ4v) is 5.13. The number of hydrogen-bond donors (Lipinski definition) is 5. The number of ketones is 1. The van der Waals surface area contributed by atoms with Crippen LogP contribution in [0.3, 0.4) is 0 Å². The summed E-state index contributed by atoms with van der Waals surface area (Å²) in [6, 6.07) is 2.68. The highest BCUT2D eigenvalue weighted by molar-refractivity contribution is 7.11. The van der Waals surface area contributed by atoms with Crippen LogP contribution in [-0.2, 0) is 38.4 Å². The fourth-order valence-electron chi connectivity index (χ4n) is 4.15. The Hall–Kier alpha value is -3.31. The second-order valence-electron chi connectivity index (χ2n) is 9.95. The molecule has 0 saturated heterocycles. The lowest BCUT2D eigenvalue weighted by molar-refractivity contribution is -0.133. The number of amides is 3. The molecule has 0 saturated carbocycles. The molecular weight excluding hydrogens is 506 g/mol. The van der Waals surface area contributed by atoms with E-state index in [1.165, 1.54) is 0 Å². The van der Waals surface area contributed by atoms with Gasteiger partial charge in [0.1, 0.15) is 11.8 Å². The number of carbonyl (C=O) groups excluding carboxylic acids is 4. The van der Waals surface area contributed by atoms with Gasteiger partial charge in [0.05, 0.1) is 17.1 Å². The van der Waals surface area contributed by atoms with Crippen LogP contribution in [0.15, 0.2) is 24.4 Å². The molecule has 10 nitrogen and oxygen atoms in total. The number of aromatic hydroxyl groups is 1. The monoisotopic (exact) mass is 543 g/mol. The average molecular weight is 544 g/mol. The zero-order valence-corrected chi connectivity index (χ0v) is 22.9. The summed E-state index contributed by atoms with van der Waals surface area (Å²) in [7, 11) is 0. The van der Waals surface area contributed by atoms with Crippen molar-refractivity contribution in [1.82, 2.24) is 20.9 Å². The summed E-state index contributed by atoms with van der Waals surface area (Å²) in [5.41, 5.74) is 7.64. The number of Topliss-reactive ketones (excluding diaryl/α,β-unsaturated/α-hetero) is 1. The van der Waals surface area contributed by atoms with E-state index in [4.69, 9.17) is 5.73 Å². The normalized spacial score (nSPS) is 25.1. The van der Waals surface area contributed by atoms with Crippen LogP contribution in [0, 0.1) is 5.92 Å². The molecule has 3 rings (SSSR count). The predicted octanol–water partition coefficient (Wildman–Crippen LogP) is 1.37. The second kappa shape index (κ2) is 13.5. The molecule has 1 aromatic carbocycles. The first-order valence-electron chi connectivity index (χ1n) is 12.9. The van der Waals surface area contributed by atoms with E-state index in [0.29, 0.717) is 18.5 Å². The number of phenols is 1. The van der Waals surface area contributed by atoms with Crippen LogP contribution in [0.1, 0.15) is 61.0 Å². The first-order chi connectivity index (χ1) is 18.0. The smallest absolute Gasteiger partial charge is 0.242 e. The maximum absolute atomic E-state index is 12.7. The van der Waals surface area contributed by atoms with Crippen LogP contribution >= 0.6 is 11.3 Å². The number of thiazole rings is 1. The summed E-state index contributed by atoms with van der Waals surface area (Å²) in [6.45, 7) is 5.24. The van der Waals surface area contributed by atoms with Gasteiger partial charge in [-0.05, 0) is 56.7 Å². The summed E-state index contributed by atoms with van der Waals surface area (Å²) >= 11 is 1.58. The predicted molar refractivity (Wildman–Crippen MR) is 145 cm³/mol. The van der Waals surface area contributed by atoms with Gasteiger partial charge in [-0.15, -0.1) is 11.3 Å². The molecule has 4 bridgehead atoms. The van der Waals surface area contributed by atoms with Gasteiger partial charge in [0.2, 0.25) is 17.7 Å². The van der Waals surface area contributed by atoms with Crippen molar-refractivity contribution >= 4 is 34.8 Å². The molecule has 1 aliphatic rings. The van der Waals surface area contributed by atoms with E-state index in [1.54, 1.807) is 50.4 Å². The lowest BCUT2D eigenvalue weighted by Crippen LogP contribution is -2.49. The zero-order chi connectivity index (χ0) is 27.8. The SMILES string of the molecule is C[C@@H]1CC(=O)[C@H](C)NC(=O)[C@@H](N)Cc2ccc(O)c(c2)Cc2cnc(s2)CCCCNC(=O)[C@H](C)NC1=O. The summed E-state index contributed by atoms with van der Waals surface area (Å²) in [5.74, 6) is -2.01. The van der Waals surface area contributed by atoms with Crippen molar-refractivity contribution in [2.24, 2.45) is 11.7 Å². The van der Waals surface area contributed by atoms with E-state index >= 15 is 0 Å². The summed E-state index contributed by atoms with van der Waals surface area (Å²) in [4.78, 5) is 55.7. The Labute approximate surface area is 226 Å². The number of phenolic OH excluding ortho intramolecular Hbond substituents is 1. The van der Waals surface area contributed by atoms with Gasteiger partial charge in [-0.1, -0.05) is 19.1 Å². The molecule has 206 valence electrons. The maximum Gasteiger partial charge on any atom is 0.242 e. The number of hydrogen-bond acceptors (Lipinski definition) is 8. The molecular formula is C27H37N5O5S. The van der Waals surface area contributed by atoms with Crippen molar-refractivity contribution in [1.29, 1.82) is 0 Å². The van der Waals surface area contributed by atoms with Gasteiger partial charge in [-0.25, -0.2) is 4.98 Å². The molecule has 38 heavy (non-hydrogen) atoms. The van der Waals surface area contributed by atoms with Crippen LogP contribution in [0.5, 0.6) is 5.75 Å². The van der Waals surface area contributed by atoms with Crippen molar-refractivity contribution in [2.75, 3.05) is 6.54 Å². The number of nitrogens with zero attached hydrogens (tertiary/aromatic N) is 1. The molecule has 0 fully saturated rings. The van der Waals surface area contributed by atoms with Crippen molar-refractivity contribution in [2.45, 2.75) is 77.4 Å². The Bertz CT molecular complexity index is 1170. The minimum Gasteiger partial charge on any atom is -0.508 e. The van der Waals surface area contributed by atoms with Crippen LogP contribution in [0.25, 0.3) is 0 Å². The molecule has 0 unspecified atom stereocenters. The minimum atomic E-state index is -0.900. The first-order valence-corrected chi connectivity index (χ1v) is 13.8. The van der Waals surface area contributed by atoms with Gasteiger partial charge >= 0.3 is 0 Å². The van der Waals surface area contributed by atoms with Crippen LogP contribution < -0.4 is 21.7 Å². The molecule has 1 aromatic heterocycles. The molecule has 6 N–H and O–H groups in total. The molecule has 1 aliphatic heterocycles. The fraction of sp³-hybridized carbons (Fsp3) is 0.519. The van der Waals surface area contributed by atoms with Crippen molar-refractivity contribution in [3.05, 3.63) is 45.4 Å². The summed E-state index contributed by atoms with van der Waals surface area (Å²) in [6.07, 6.45) is 4.82. The lowest BCUT2D eigenvalue weighted by Gasteiger charge is -2.20. The molecule has 0 aliphatic carbocycles. The highest BCUT2D eigenvalue weighted by Crippen LogP contribution is 2.25. The van der Waals surface area contributed by atoms with E-state index in [0.717, 1.165) is 34.7 Å². The first kappa shape index (κ1) is 29.2. The molecule has 11 heteroatoms. The third-order valence-corrected chi connectivity index (χ3v) is 7.62. The summed E-state index contributed by atoms with van der Waals surface area (Å²) < 4.78 is 0. The molecule has 0 radical (unpaired) electrons. The molecule has 4 atom stereocenters. The number of carbonyl (C=O) groups is 4. The van der Waals surface area contributed by atoms with Gasteiger partial charge < -0.3 is 26.8 Å². The topological polar surface area (TPSA) is 164 Å². The lowest BCUT2D eigenvalue weighted by atomic mass is 9.98. The Balaban J connectivity index is 1.76. The summed E-state index contributed by atoms with van der Waals surface area (Å²) in [5, 5.41) is 19.5. The van der Waals surface area contributed by atoms with E-state index in [9.17, 15) is 24.3 Å².